The van der Waals surface area contributed by atoms with E-state index < -0.39 is 10.0 Å². The maximum Gasteiger partial charge on any atom is 0.252 e. The molecule has 0 atom stereocenters. The molecule has 0 radical (unpaired) electrons. The minimum absolute atomic E-state index is 0.0309. The first-order valence-electron chi connectivity index (χ1n) is 5.32. The zero-order valence-corrected chi connectivity index (χ0v) is 10.5. The molecule has 90 valence electrons. The molecule has 0 bridgehead atoms. The van der Waals surface area contributed by atoms with Crippen molar-refractivity contribution in [2.45, 2.75) is 29.5 Å². The summed E-state index contributed by atoms with van der Waals surface area (Å²) in [7, 11) is -3.33. The van der Waals surface area contributed by atoms with Crippen LogP contribution in [0.2, 0.25) is 0 Å². The summed E-state index contributed by atoms with van der Waals surface area (Å²) in [5, 5.41) is 10.6. The van der Waals surface area contributed by atoms with E-state index in [0.29, 0.717) is 17.2 Å². The number of hydrogen-bond donors (Lipinski definition) is 1. The average molecular weight is 261 g/mol. The molecule has 1 aromatic heterocycles. The van der Waals surface area contributed by atoms with Gasteiger partial charge in [-0.15, -0.1) is 11.3 Å². The van der Waals surface area contributed by atoms with Gasteiger partial charge in [0.15, 0.2) is 0 Å². The minimum Gasteiger partial charge on any atom is -0.396 e. The molecule has 4 nitrogen and oxygen atoms in total. The van der Waals surface area contributed by atoms with E-state index in [1.807, 2.05) is 0 Å². The summed E-state index contributed by atoms with van der Waals surface area (Å²) in [5.74, 6) is 0. The molecule has 0 aliphatic heterocycles. The number of thiophene rings is 1. The summed E-state index contributed by atoms with van der Waals surface area (Å²) >= 11 is 1.24. The highest BCUT2D eigenvalue weighted by molar-refractivity contribution is 7.91. The molecule has 1 saturated carbocycles. The van der Waals surface area contributed by atoms with E-state index in [9.17, 15) is 8.42 Å². The standard InChI is InChI=1S/C10H15NO3S2/c12-7-2-6-11(9-4-5-9)16(13,14)10-3-1-8-15-10/h1,3,8-9,12H,2,4-7H2. The third-order valence-corrected chi connectivity index (χ3v) is 5.87. The van der Waals surface area contributed by atoms with E-state index in [0.717, 1.165) is 12.8 Å². The molecule has 16 heavy (non-hydrogen) atoms. The molecule has 6 heteroatoms. The quantitative estimate of drug-likeness (QED) is 0.839. The molecule has 0 amide bonds. The van der Waals surface area contributed by atoms with Crippen LogP contribution in [0.1, 0.15) is 19.3 Å². The van der Waals surface area contributed by atoms with Crippen molar-refractivity contribution in [3.8, 4) is 0 Å². The lowest BCUT2D eigenvalue weighted by Crippen LogP contribution is -2.34. The van der Waals surface area contributed by atoms with Gasteiger partial charge in [-0.3, -0.25) is 0 Å². The van der Waals surface area contributed by atoms with E-state index >= 15 is 0 Å². The van der Waals surface area contributed by atoms with Crippen LogP contribution in [-0.2, 0) is 10.0 Å². The summed E-state index contributed by atoms with van der Waals surface area (Å²) < 4.78 is 26.4. The molecule has 1 fully saturated rings. The number of rotatable bonds is 6. The molecule has 1 aliphatic rings. The molecule has 1 heterocycles. The van der Waals surface area contributed by atoms with Crippen molar-refractivity contribution < 1.29 is 13.5 Å². The summed E-state index contributed by atoms with van der Waals surface area (Å²) in [6, 6.07) is 3.53. The lowest BCUT2D eigenvalue weighted by atomic mass is 10.4. The Morgan fingerprint density at radius 1 is 1.50 bits per heavy atom. The Labute approximate surface area is 99.6 Å². The fourth-order valence-corrected chi connectivity index (χ4v) is 4.46. The third-order valence-electron chi connectivity index (χ3n) is 2.55. The van der Waals surface area contributed by atoms with Crippen LogP contribution in [0, 0.1) is 0 Å². The lowest BCUT2D eigenvalue weighted by Gasteiger charge is -2.20. The Bertz CT molecular complexity index is 423. The molecule has 1 aliphatic carbocycles. The van der Waals surface area contributed by atoms with Crippen LogP contribution >= 0.6 is 11.3 Å². The van der Waals surface area contributed by atoms with Gasteiger partial charge in [0.2, 0.25) is 0 Å². The van der Waals surface area contributed by atoms with Crippen LogP contribution in [0.15, 0.2) is 21.7 Å². The predicted molar refractivity (Wildman–Crippen MR) is 62.9 cm³/mol. The fourth-order valence-electron chi connectivity index (χ4n) is 1.61. The molecule has 0 unspecified atom stereocenters. The molecule has 1 aromatic rings. The van der Waals surface area contributed by atoms with Crippen LogP contribution < -0.4 is 0 Å². The molecule has 0 spiro atoms. The monoisotopic (exact) mass is 261 g/mol. The second kappa shape index (κ2) is 4.83. The summed E-state index contributed by atoms with van der Waals surface area (Å²) in [4.78, 5) is 0. The minimum atomic E-state index is -3.33. The van der Waals surface area contributed by atoms with Crippen molar-refractivity contribution in [2.24, 2.45) is 0 Å². The topological polar surface area (TPSA) is 57.6 Å². The third kappa shape index (κ3) is 2.45. The normalized spacial score (nSPS) is 16.9. The maximum atomic E-state index is 12.2. The molecule has 1 N–H and O–H groups in total. The van der Waals surface area contributed by atoms with E-state index in [1.54, 1.807) is 17.5 Å². The molecular formula is C10H15NO3S2. The fraction of sp³-hybridized carbons (Fsp3) is 0.600. The predicted octanol–water partition coefficient (Wildman–Crippen LogP) is 1.28. The Hall–Kier alpha value is -0.430. The van der Waals surface area contributed by atoms with Crippen LogP contribution in [0.25, 0.3) is 0 Å². The van der Waals surface area contributed by atoms with Gasteiger partial charge < -0.3 is 5.11 Å². The first-order chi connectivity index (χ1) is 7.66. The van der Waals surface area contributed by atoms with Gasteiger partial charge in [-0.1, -0.05) is 6.07 Å². The molecule has 0 saturated heterocycles. The van der Waals surface area contributed by atoms with Gasteiger partial charge in [0.25, 0.3) is 10.0 Å². The van der Waals surface area contributed by atoms with Crippen molar-refractivity contribution in [3.63, 3.8) is 0 Å². The second-order valence-corrected chi connectivity index (χ2v) is 6.92. The Morgan fingerprint density at radius 2 is 2.25 bits per heavy atom. The van der Waals surface area contributed by atoms with Crippen molar-refractivity contribution in [3.05, 3.63) is 17.5 Å². The maximum absolute atomic E-state index is 12.2. The number of nitrogens with zero attached hydrogens (tertiary/aromatic N) is 1. The lowest BCUT2D eigenvalue weighted by molar-refractivity contribution is 0.267. The van der Waals surface area contributed by atoms with Crippen LogP contribution in [0.3, 0.4) is 0 Å². The zero-order chi connectivity index (χ0) is 11.6. The van der Waals surface area contributed by atoms with Crippen molar-refractivity contribution >= 4 is 21.4 Å². The van der Waals surface area contributed by atoms with Crippen LogP contribution in [-0.4, -0.2) is 37.0 Å². The Kier molecular flexibility index (Phi) is 3.63. The van der Waals surface area contributed by atoms with E-state index in [1.165, 1.54) is 15.6 Å². The van der Waals surface area contributed by atoms with Gasteiger partial charge in [0.05, 0.1) is 0 Å². The first kappa shape index (κ1) is 12.0. The first-order valence-corrected chi connectivity index (χ1v) is 7.64. The van der Waals surface area contributed by atoms with Crippen LogP contribution in [0.5, 0.6) is 0 Å². The van der Waals surface area contributed by atoms with E-state index in [2.05, 4.69) is 0 Å². The van der Waals surface area contributed by atoms with Crippen molar-refractivity contribution in [1.82, 2.24) is 4.31 Å². The molecule has 2 rings (SSSR count). The van der Waals surface area contributed by atoms with Crippen molar-refractivity contribution in [1.29, 1.82) is 0 Å². The highest BCUT2D eigenvalue weighted by Gasteiger charge is 2.37. The number of aliphatic hydroxyl groups excluding tert-OH is 1. The summed E-state index contributed by atoms with van der Waals surface area (Å²) in [6.07, 6.45) is 2.38. The summed E-state index contributed by atoms with van der Waals surface area (Å²) in [5.41, 5.74) is 0. The van der Waals surface area contributed by atoms with Gasteiger partial charge in [-0.2, -0.15) is 4.31 Å². The summed E-state index contributed by atoms with van der Waals surface area (Å²) in [6.45, 7) is 0.449. The number of aliphatic hydroxyl groups is 1. The van der Waals surface area contributed by atoms with Gasteiger partial charge in [0, 0.05) is 19.2 Å². The number of sulfonamides is 1. The SMILES string of the molecule is O=S(=O)(c1cccs1)N(CCCO)C1CC1. The number of hydrogen-bond acceptors (Lipinski definition) is 4. The molecular weight excluding hydrogens is 246 g/mol. The van der Waals surface area contributed by atoms with Gasteiger partial charge in [-0.05, 0) is 30.7 Å². The second-order valence-electron chi connectivity index (χ2n) is 3.86. The van der Waals surface area contributed by atoms with E-state index in [4.69, 9.17) is 5.11 Å². The van der Waals surface area contributed by atoms with Gasteiger partial charge in [0.1, 0.15) is 4.21 Å². The Balaban J connectivity index is 2.18. The zero-order valence-electron chi connectivity index (χ0n) is 8.87. The van der Waals surface area contributed by atoms with Gasteiger partial charge in [-0.25, -0.2) is 8.42 Å². The van der Waals surface area contributed by atoms with Gasteiger partial charge >= 0.3 is 0 Å². The Morgan fingerprint density at radius 3 is 2.75 bits per heavy atom. The van der Waals surface area contributed by atoms with Crippen LogP contribution in [0.4, 0.5) is 0 Å². The largest absolute Gasteiger partial charge is 0.396 e. The average Bonchev–Trinajstić information content (AvgIpc) is 2.92. The van der Waals surface area contributed by atoms with E-state index in [-0.39, 0.29) is 12.6 Å². The van der Waals surface area contributed by atoms with Crippen molar-refractivity contribution in [2.75, 3.05) is 13.2 Å². The smallest absolute Gasteiger partial charge is 0.252 e. The highest BCUT2D eigenvalue weighted by atomic mass is 32.2. The highest BCUT2D eigenvalue weighted by Crippen LogP contribution is 2.33. The molecule has 0 aromatic carbocycles.